The van der Waals surface area contributed by atoms with Crippen molar-refractivity contribution in [2.45, 2.75) is 32.9 Å². The molecule has 1 aromatic rings. The van der Waals surface area contributed by atoms with E-state index in [2.05, 4.69) is 25.2 Å². The second-order valence-electron chi connectivity index (χ2n) is 4.42. The van der Waals surface area contributed by atoms with Crippen molar-refractivity contribution in [2.24, 2.45) is 0 Å². The predicted octanol–water partition coefficient (Wildman–Crippen LogP) is 3.04. The van der Waals surface area contributed by atoms with Crippen LogP contribution in [-0.2, 0) is 6.54 Å². The van der Waals surface area contributed by atoms with Gasteiger partial charge in [0.25, 0.3) is 0 Å². The van der Waals surface area contributed by atoms with Gasteiger partial charge in [-0.1, -0.05) is 19.1 Å². The molecule has 2 rings (SSSR count). The highest BCUT2D eigenvalue weighted by atomic mass is 32.2. The largest absolute Gasteiger partial charge is 0.454 e. The fourth-order valence-electron chi connectivity index (χ4n) is 1.92. The van der Waals surface area contributed by atoms with Gasteiger partial charge in [-0.2, -0.15) is 11.8 Å². The number of nitrogens with one attached hydrogen (secondary N) is 1. The molecular weight excluding hydrogens is 246 g/mol. The third-order valence-electron chi connectivity index (χ3n) is 3.02. The quantitative estimate of drug-likeness (QED) is 0.769. The molecule has 1 heterocycles. The van der Waals surface area contributed by atoms with Crippen LogP contribution in [0.4, 0.5) is 0 Å². The number of thioether (sulfide) groups is 1. The molecule has 1 unspecified atom stereocenters. The van der Waals surface area contributed by atoms with Crippen LogP contribution in [0, 0.1) is 0 Å². The fraction of sp³-hybridized carbons (Fsp3) is 0.571. The minimum atomic E-state index is 0.342. The molecule has 1 aliphatic heterocycles. The van der Waals surface area contributed by atoms with Crippen molar-refractivity contribution in [3.05, 3.63) is 23.8 Å². The van der Waals surface area contributed by atoms with Crippen LogP contribution >= 0.6 is 11.8 Å². The highest BCUT2D eigenvalue weighted by molar-refractivity contribution is 7.99. The predicted molar refractivity (Wildman–Crippen MR) is 76.5 cm³/mol. The van der Waals surface area contributed by atoms with Crippen LogP contribution in [0.3, 0.4) is 0 Å². The summed E-state index contributed by atoms with van der Waals surface area (Å²) in [6, 6.07) is 6.59. The molecule has 18 heavy (non-hydrogen) atoms. The van der Waals surface area contributed by atoms with E-state index in [1.54, 1.807) is 0 Å². The Labute approximate surface area is 113 Å². The van der Waals surface area contributed by atoms with Crippen molar-refractivity contribution in [2.75, 3.05) is 18.3 Å². The first-order valence-corrected chi connectivity index (χ1v) is 7.65. The van der Waals surface area contributed by atoms with Gasteiger partial charge in [0.05, 0.1) is 0 Å². The van der Waals surface area contributed by atoms with Gasteiger partial charge in [-0.3, -0.25) is 0 Å². The number of benzene rings is 1. The van der Waals surface area contributed by atoms with E-state index in [9.17, 15) is 0 Å². The zero-order valence-electron chi connectivity index (χ0n) is 11.1. The summed E-state index contributed by atoms with van der Waals surface area (Å²) in [5.41, 5.74) is 1.18. The normalized spacial score (nSPS) is 14.8. The van der Waals surface area contributed by atoms with Crippen LogP contribution in [0.1, 0.15) is 25.8 Å². The number of rotatable bonds is 7. The third kappa shape index (κ3) is 3.56. The Morgan fingerprint density at radius 1 is 1.39 bits per heavy atom. The summed E-state index contributed by atoms with van der Waals surface area (Å²) in [6.07, 6.45) is 1.20. The monoisotopic (exact) mass is 267 g/mol. The minimum absolute atomic E-state index is 0.342. The fourth-order valence-corrected chi connectivity index (χ4v) is 2.73. The Morgan fingerprint density at radius 3 is 3.11 bits per heavy atom. The molecule has 0 radical (unpaired) electrons. The lowest BCUT2D eigenvalue weighted by Crippen LogP contribution is -2.26. The van der Waals surface area contributed by atoms with E-state index in [4.69, 9.17) is 9.47 Å². The first kappa shape index (κ1) is 13.6. The minimum Gasteiger partial charge on any atom is -0.454 e. The van der Waals surface area contributed by atoms with Gasteiger partial charge in [-0.25, -0.2) is 0 Å². The number of hydrogen-bond donors (Lipinski definition) is 1. The van der Waals surface area contributed by atoms with Crippen molar-refractivity contribution in [1.29, 1.82) is 0 Å². The summed E-state index contributed by atoms with van der Waals surface area (Å²) < 4.78 is 10.9. The van der Waals surface area contributed by atoms with Crippen LogP contribution < -0.4 is 14.8 Å². The summed E-state index contributed by atoms with van der Waals surface area (Å²) in [5, 5.41) is 3.54. The van der Waals surface area contributed by atoms with Gasteiger partial charge in [0.15, 0.2) is 11.5 Å². The van der Waals surface area contributed by atoms with E-state index in [0.717, 1.165) is 18.0 Å². The Morgan fingerprint density at radius 2 is 2.28 bits per heavy atom. The second-order valence-corrected chi connectivity index (χ2v) is 5.81. The Kier molecular flexibility index (Phi) is 5.20. The highest BCUT2D eigenvalue weighted by Gasteiger charge is 2.17. The van der Waals surface area contributed by atoms with E-state index in [1.165, 1.54) is 23.5 Å². The maximum Gasteiger partial charge on any atom is 0.231 e. The van der Waals surface area contributed by atoms with E-state index in [1.807, 2.05) is 23.9 Å². The van der Waals surface area contributed by atoms with Crippen LogP contribution in [0.5, 0.6) is 11.5 Å². The zero-order chi connectivity index (χ0) is 12.8. The molecule has 100 valence electrons. The Bertz CT molecular complexity index is 384. The molecule has 0 fully saturated rings. The van der Waals surface area contributed by atoms with Crippen molar-refractivity contribution in [3.8, 4) is 11.5 Å². The van der Waals surface area contributed by atoms with E-state index >= 15 is 0 Å². The molecule has 0 aromatic heterocycles. The molecular formula is C14H21NO2S. The third-order valence-corrected chi connectivity index (χ3v) is 3.95. The molecule has 0 saturated carbocycles. The Hall–Kier alpha value is -0.870. The van der Waals surface area contributed by atoms with Gasteiger partial charge in [-0.05, 0) is 30.9 Å². The maximum absolute atomic E-state index is 5.49. The van der Waals surface area contributed by atoms with Gasteiger partial charge in [0.2, 0.25) is 6.79 Å². The van der Waals surface area contributed by atoms with Gasteiger partial charge in [0.1, 0.15) is 0 Å². The van der Waals surface area contributed by atoms with Crippen LogP contribution in [-0.4, -0.2) is 24.3 Å². The molecule has 0 saturated heterocycles. The second kappa shape index (κ2) is 6.90. The molecule has 4 heteroatoms. The molecule has 0 amide bonds. The lowest BCUT2D eigenvalue weighted by atomic mass is 10.1. The van der Waals surface area contributed by atoms with Gasteiger partial charge < -0.3 is 14.8 Å². The van der Waals surface area contributed by atoms with Gasteiger partial charge in [0, 0.05) is 18.2 Å². The van der Waals surface area contributed by atoms with Crippen LogP contribution in [0.25, 0.3) is 0 Å². The van der Waals surface area contributed by atoms with Gasteiger partial charge in [-0.15, -0.1) is 0 Å². The summed E-state index contributed by atoms with van der Waals surface area (Å²) in [4.78, 5) is 0. The molecule has 1 aromatic carbocycles. The molecule has 1 atom stereocenters. The van der Waals surface area contributed by atoms with Crippen molar-refractivity contribution >= 4 is 11.8 Å². The first-order valence-electron chi connectivity index (χ1n) is 6.50. The van der Waals surface area contributed by atoms with Gasteiger partial charge >= 0.3 is 0 Å². The lowest BCUT2D eigenvalue weighted by Gasteiger charge is -2.14. The number of para-hydroxylation sites is 1. The average Bonchev–Trinajstić information content (AvgIpc) is 2.85. The zero-order valence-corrected chi connectivity index (χ0v) is 11.9. The van der Waals surface area contributed by atoms with E-state index in [-0.39, 0.29) is 0 Å². The molecule has 1 aliphatic rings. The highest BCUT2D eigenvalue weighted by Crippen LogP contribution is 2.35. The summed E-state index contributed by atoms with van der Waals surface area (Å²) >= 11 is 1.99. The molecule has 1 N–H and O–H groups in total. The topological polar surface area (TPSA) is 30.5 Å². The first-order chi connectivity index (χ1) is 8.81. The molecule has 0 spiro atoms. The average molecular weight is 267 g/mol. The maximum atomic E-state index is 5.49. The van der Waals surface area contributed by atoms with Crippen molar-refractivity contribution in [1.82, 2.24) is 5.32 Å². The standard InChI is InChI=1S/C14H21NO2S/c1-3-18-8-7-11(2)15-9-12-5-4-6-13-14(12)17-10-16-13/h4-6,11,15H,3,7-10H2,1-2H3. The lowest BCUT2D eigenvalue weighted by molar-refractivity contribution is 0.173. The number of fused-ring (bicyclic) bond motifs is 1. The van der Waals surface area contributed by atoms with Crippen molar-refractivity contribution < 1.29 is 9.47 Å². The number of ether oxygens (including phenoxy) is 2. The summed E-state index contributed by atoms with van der Waals surface area (Å²) in [6.45, 7) is 5.61. The van der Waals surface area contributed by atoms with Crippen LogP contribution in [0.15, 0.2) is 18.2 Å². The van der Waals surface area contributed by atoms with E-state index in [0.29, 0.717) is 12.8 Å². The summed E-state index contributed by atoms with van der Waals surface area (Å²) in [7, 11) is 0. The molecule has 3 nitrogen and oxygen atoms in total. The van der Waals surface area contributed by atoms with Crippen LogP contribution in [0.2, 0.25) is 0 Å². The summed E-state index contributed by atoms with van der Waals surface area (Å²) in [5.74, 6) is 4.19. The van der Waals surface area contributed by atoms with Crippen molar-refractivity contribution in [3.63, 3.8) is 0 Å². The Balaban J connectivity index is 1.81. The SMILES string of the molecule is CCSCCC(C)NCc1cccc2c1OCO2. The molecule has 0 aliphatic carbocycles. The molecule has 0 bridgehead atoms. The van der Waals surface area contributed by atoms with E-state index < -0.39 is 0 Å². The number of hydrogen-bond acceptors (Lipinski definition) is 4. The smallest absolute Gasteiger partial charge is 0.231 e.